The molecular weight excluding hydrogens is 445 g/mol. The monoisotopic (exact) mass is 475 g/mol. The zero-order valence-corrected chi connectivity index (χ0v) is 20.0. The normalized spacial score (nSPS) is 16.6. The summed E-state index contributed by atoms with van der Waals surface area (Å²) in [6, 6.07) is 10.2. The summed E-state index contributed by atoms with van der Waals surface area (Å²) >= 11 is 0. The van der Waals surface area contributed by atoms with Crippen LogP contribution in [0.1, 0.15) is 42.6 Å². The number of carbonyl (C=O) groups excluding carboxylic acids is 2. The van der Waals surface area contributed by atoms with Crippen molar-refractivity contribution in [2.45, 2.75) is 38.5 Å². The number of rotatable bonds is 7. The predicted octanol–water partition coefficient (Wildman–Crippen LogP) is 3.66. The van der Waals surface area contributed by atoms with Gasteiger partial charge < -0.3 is 10.2 Å². The molecule has 178 valence electrons. The molecule has 1 atom stereocenters. The van der Waals surface area contributed by atoms with E-state index in [-0.39, 0.29) is 23.3 Å². The van der Waals surface area contributed by atoms with Crippen LogP contribution in [0.15, 0.2) is 47.4 Å². The Morgan fingerprint density at radius 2 is 1.79 bits per heavy atom. The number of aryl methyl sites for hydroxylation is 1. The summed E-state index contributed by atoms with van der Waals surface area (Å²) in [7, 11) is -3.67. The van der Waals surface area contributed by atoms with E-state index < -0.39 is 21.8 Å². The summed E-state index contributed by atoms with van der Waals surface area (Å²) in [5.74, 6) is -1.34. The topological polar surface area (TPSA) is 86.8 Å². The molecule has 1 aliphatic heterocycles. The van der Waals surface area contributed by atoms with Gasteiger partial charge in [0.25, 0.3) is 5.91 Å². The van der Waals surface area contributed by atoms with Gasteiger partial charge in [0.1, 0.15) is 5.82 Å². The van der Waals surface area contributed by atoms with E-state index in [2.05, 4.69) is 5.32 Å². The lowest BCUT2D eigenvalue weighted by Gasteiger charge is -2.32. The van der Waals surface area contributed by atoms with E-state index in [0.717, 1.165) is 0 Å². The molecule has 0 radical (unpaired) electrons. The van der Waals surface area contributed by atoms with E-state index in [1.165, 1.54) is 34.6 Å². The molecule has 3 rings (SSSR count). The molecule has 9 heteroatoms. The van der Waals surface area contributed by atoms with Crippen molar-refractivity contribution in [2.24, 2.45) is 5.92 Å². The molecule has 1 aliphatic rings. The van der Waals surface area contributed by atoms with Gasteiger partial charge in [-0.3, -0.25) is 9.59 Å². The zero-order valence-electron chi connectivity index (χ0n) is 19.2. The van der Waals surface area contributed by atoms with Crippen LogP contribution >= 0.6 is 0 Å². The van der Waals surface area contributed by atoms with Crippen LogP contribution in [0.25, 0.3) is 0 Å². The van der Waals surface area contributed by atoms with E-state index in [1.807, 2.05) is 0 Å². The smallest absolute Gasteiger partial charge is 0.253 e. The Kier molecular flexibility index (Phi) is 7.86. The van der Waals surface area contributed by atoms with Crippen LogP contribution in [-0.2, 0) is 14.8 Å². The van der Waals surface area contributed by atoms with Crippen molar-refractivity contribution in [1.29, 1.82) is 0 Å². The number of nitrogens with zero attached hydrogens (tertiary/aromatic N) is 2. The van der Waals surface area contributed by atoms with Gasteiger partial charge in [0.15, 0.2) is 0 Å². The summed E-state index contributed by atoms with van der Waals surface area (Å²) in [5.41, 5.74) is 1.38. The maximum atomic E-state index is 13.2. The van der Waals surface area contributed by atoms with Gasteiger partial charge >= 0.3 is 0 Å². The fraction of sp³-hybridized carbons (Fsp3) is 0.417. The zero-order chi connectivity index (χ0) is 24.2. The van der Waals surface area contributed by atoms with E-state index in [1.54, 1.807) is 37.8 Å². The maximum absolute atomic E-state index is 13.2. The third-order valence-corrected chi connectivity index (χ3v) is 8.14. The highest BCUT2D eigenvalue weighted by molar-refractivity contribution is 7.89. The minimum atomic E-state index is -3.67. The minimum absolute atomic E-state index is 0.167. The van der Waals surface area contributed by atoms with Crippen molar-refractivity contribution in [1.82, 2.24) is 9.21 Å². The van der Waals surface area contributed by atoms with Gasteiger partial charge in [0, 0.05) is 37.4 Å². The van der Waals surface area contributed by atoms with Crippen molar-refractivity contribution < 1.29 is 22.4 Å². The van der Waals surface area contributed by atoms with Gasteiger partial charge in [0.2, 0.25) is 15.9 Å². The molecule has 2 amide bonds. The van der Waals surface area contributed by atoms with Gasteiger partial charge in [-0.15, -0.1) is 0 Å². The molecule has 1 fully saturated rings. The van der Waals surface area contributed by atoms with Crippen LogP contribution in [0.4, 0.5) is 10.1 Å². The highest BCUT2D eigenvalue weighted by Gasteiger charge is 2.30. The largest absolute Gasteiger partial charge is 0.338 e. The molecule has 0 saturated carbocycles. The third-order valence-electron chi connectivity index (χ3n) is 5.95. The Bertz CT molecular complexity index is 1120. The molecule has 0 aliphatic carbocycles. The van der Waals surface area contributed by atoms with Crippen LogP contribution in [0, 0.1) is 18.7 Å². The molecule has 7 nitrogen and oxygen atoms in total. The Morgan fingerprint density at radius 3 is 2.42 bits per heavy atom. The molecule has 0 unspecified atom stereocenters. The molecule has 0 spiro atoms. The van der Waals surface area contributed by atoms with Crippen molar-refractivity contribution in [3.63, 3.8) is 0 Å². The average molecular weight is 476 g/mol. The van der Waals surface area contributed by atoms with Gasteiger partial charge in [-0.05, 0) is 61.7 Å². The average Bonchev–Trinajstić information content (AvgIpc) is 2.81. The first-order valence-electron chi connectivity index (χ1n) is 11.1. The second kappa shape index (κ2) is 10.4. The maximum Gasteiger partial charge on any atom is 0.253 e. The molecular formula is C24H30FN3O4S. The number of nitrogens with one attached hydrogen (secondary N) is 1. The molecule has 1 N–H and O–H groups in total. The van der Waals surface area contributed by atoms with Gasteiger partial charge in [-0.25, -0.2) is 12.8 Å². The van der Waals surface area contributed by atoms with E-state index in [4.69, 9.17) is 0 Å². The third kappa shape index (κ3) is 5.59. The number of likely N-dealkylation sites (tertiary alicyclic amines) is 1. The fourth-order valence-corrected chi connectivity index (χ4v) is 5.76. The van der Waals surface area contributed by atoms with Crippen molar-refractivity contribution in [3.05, 3.63) is 59.4 Å². The number of sulfonamides is 1. The SMILES string of the molecule is CCN(CC)S(=O)(=O)c1cc(NC(=O)[C@H]2CCCN(C(=O)c3ccc(F)cc3)C2)ccc1C. The second-order valence-corrected chi connectivity index (χ2v) is 10.1. The second-order valence-electron chi connectivity index (χ2n) is 8.16. The molecule has 1 saturated heterocycles. The number of amides is 2. The summed E-state index contributed by atoms with van der Waals surface area (Å²) in [6.07, 6.45) is 1.29. The molecule has 33 heavy (non-hydrogen) atoms. The summed E-state index contributed by atoms with van der Waals surface area (Å²) in [6.45, 7) is 6.77. The Labute approximate surface area is 194 Å². The first-order chi connectivity index (χ1) is 15.7. The Hall–Kier alpha value is -2.78. The molecule has 2 aromatic carbocycles. The van der Waals surface area contributed by atoms with Crippen LogP contribution in [0.5, 0.6) is 0 Å². The van der Waals surface area contributed by atoms with Crippen LogP contribution in [0.2, 0.25) is 0 Å². The summed E-state index contributed by atoms with van der Waals surface area (Å²) in [4.78, 5) is 27.5. The first kappa shape index (κ1) is 24.9. The van der Waals surface area contributed by atoms with E-state index >= 15 is 0 Å². The standard InChI is InChI=1S/C24H30FN3O4S/c1-4-28(5-2)33(31,32)22-15-21(13-8-17(22)3)26-23(29)19-7-6-14-27(16-19)24(30)18-9-11-20(25)12-10-18/h8-13,15,19H,4-7,14,16H2,1-3H3,(H,26,29)/t19-/m0/s1. The van der Waals surface area contributed by atoms with Crippen molar-refractivity contribution >= 4 is 27.5 Å². The summed E-state index contributed by atoms with van der Waals surface area (Å²) < 4.78 is 40.5. The lowest BCUT2D eigenvalue weighted by Crippen LogP contribution is -2.43. The highest BCUT2D eigenvalue weighted by atomic mass is 32.2. The van der Waals surface area contributed by atoms with Gasteiger partial charge in [-0.2, -0.15) is 4.31 Å². The molecule has 0 bridgehead atoms. The number of halogens is 1. The van der Waals surface area contributed by atoms with E-state index in [0.29, 0.717) is 49.3 Å². The van der Waals surface area contributed by atoms with Crippen molar-refractivity contribution in [2.75, 3.05) is 31.5 Å². The first-order valence-corrected chi connectivity index (χ1v) is 12.6. The molecule has 2 aromatic rings. The highest BCUT2D eigenvalue weighted by Crippen LogP contribution is 2.25. The number of benzene rings is 2. The number of hydrogen-bond acceptors (Lipinski definition) is 4. The Morgan fingerprint density at radius 1 is 1.12 bits per heavy atom. The molecule has 0 aromatic heterocycles. The predicted molar refractivity (Wildman–Crippen MR) is 125 cm³/mol. The Balaban J connectivity index is 1.73. The summed E-state index contributed by atoms with van der Waals surface area (Å²) in [5, 5.41) is 2.82. The number of piperidine rings is 1. The molecule has 1 heterocycles. The lowest BCUT2D eigenvalue weighted by atomic mass is 9.96. The number of carbonyl (C=O) groups is 2. The van der Waals surface area contributed by atoms with Gasteiger partial charge in [0.05, 0.1) is 10.8 Å². The van der Waals surface area contributed by atoms with Crippen LogP contribution in [-0.4, -0.2) is 55.6 Å². The number of anilines is 1. The van der Waals surface area contributed by atoms with Gasteiger partial charge in [-0.1, -0.05) is 19.9 Å². The van der Waals surface area contributed by atoms with E-state index in [9.17, 15) is 22.4 Å². The lowest BCUT2D eigenvalue weighted by molar-refractivity contribution is -0.121. The fourth-order valence-electron chi connectivity index (χ4n) is 4.05. The minimum Gasteiger partial charge on any atom is -0.338 e. The van der Waals surface area contributed by atoms with Crippen molar-refractivity contribution in [3.8, 4) is 0 Å². The van der Waals surface area contributed by atoms with Crippen LogP contribution in [0.3, 0.4) is 0 Å². The number of hydrogen-bond donors (Lipinski definition) is 1. The quantitative estimate of drug-likeness (QED) is 0.662. The van der Waals surface area contributed by atoms with Crippen LogP contribution < -0.4 is 5.32 Å².